The van der Waals surface area contributed by atoms with E-state index >= 15 is 0 Å². The van der Waals surface area contributed by atoms with Crippen LogP contribution in [-0.2, 0) is 11.2 Å². The summed E-state index contributed by atoms with van der Waals surface area (Å²) in [5, 5.41) is 5.54. The van der Waals surface area contributed by atoms with Gasteiger partial charge >= 0.3 is 12.1 Å². The fourth-order valence-electron chi connectivity index (χ4n) is 3.31. The quantitative estimate of drug-likeness (QED) is 0.395. The average Bonchev–Trinajstić information content (AvgIpc) is 3.46. The number of hydrogen-bond donors (Lipinski definition) is 1. The molecule has 1 aromatic carbocycles. The number of rotatable bonds is 7. The fourth-order valence-corrected chi connectivity index (χ4v) is 4.08. The summed E-state index contributed by atoms with van der Waals surface area (Å²) in [6.45, 7) is 2.24. The monoisotopic (exact) mass is 512 g/mol. The van der Waals surface area contributed by atoms with Crippen molar-refractivity contribution in [2.75, 3.05) is 19.0 Å². The molecule has 0 amide bonds. The van der Waals surface area contributed by atoms with Crippen LogP contribution < -0.4 is 14.9 Å². The Balaban J connectivity index is 1.55. The molecule has 0 fully saturated rings. The number of methoxy groups -OCH3 is 1. The molecule has 0 radical (unpaired) electrons. The van der Waals surface area contributed by atoms with Gasteiger partial charge in [0.2, 0.25) is 5.65 Å². The molecule has 0 aliphatic carbocycles. The van der Waals surface area contributed by atoms with E-state index in [1.54, 1.807) is 12.6 Å². The number of nitrogens with zero attached hydrogens (tertiary/aromatic N) is 5. The number of carbonyl (C=O) groups is 1. The highest BCUT2D eigenvalue weighted by molar-refractivity contribution is 7.07. The first-order valence-electron chi connectivity index (χ1n) is 9.66. The molecule has 0 saturated heterocycles. The van der Waals surface area contributed by atoms with E-state index in [-0.39, 0.29) is 17.0 Å². The van der Waals surface area contributed by atoms with Crippen LogP contribution in [0.3, 0.4) is 0 Å². The minimum atomic E-state index is -5.16. The third-order valence-corrected chi connectivity index (χ3v) is 5.83. The van der Waals surface area contributed by atoms with Gasteiger partial charge in [0.15, 0.2) is 11.3 Å². The van der Waals surface area contributed by atoms with Gasteiger partial charge in [-0.05, 0) is 30.5 Å². The molecule has 1 N–H and O–H groups in total. The van der Waals surface area contributed by atoms with Crippen molar-refractivity contribution in [3.8, 4) is 17.0 Å². The van der Waals surface area contributed by atoms with Gasteiger partial charge in [0.05, 0.1) is 18.3 Å². The van der Waals surface area contributed by atoms with E-state index in [1.165, 1.54) is 11.3 Å². The van der Waals surface area contributed by atoms with Crippen LogP contribution in [-0.4, -0.2) is 50.5 Å². The van der Waals surface area contributed by atoms with E-state index in [4.69, 9.17) is 16.3 Å². The molecule has 9 nitrogen and oxygen atoms in total. The van der Waals surface area contributed by atoms with Crippen molar-refractivity contribution in [1.82, 2.24) is 24.7 Å². The molecule has 178 valence electrons. The second-order valence-corrected chi connectivity index (χ2v) is 8.07. The highest BCUT2D eigenvalue weighted by Gasteiger charge is 2.42. The van der Waals surface area contributed by atoms with Gasteiger partial charge in [-0.3, -0.25) is 0 Å². The summed E-state index contributed by atoms with van der Waals surface area (Å²) in [6.07, 6.45) is -2.66. The lowest BCUT2D eigenvalue weighted by Crippen LogP contribution is -2.33. The van der Waals surface area contributed by atoms with Crippen LogP contribution in [0.2, 0.25) is 5.02 Å². The minimum absolute atomic E-state index is 0.100. The molecular weight excluding hydrogens is 497 g/mol. The Bertz CT molecular complexity index is 1340. The first-order chi connectivity index (χ1) is 16.2. The van der Waals surface area contributed by atoms with Gasteiger partial charge in [0, 0.05) is 22.5 Å². The number of hydrogen-bond acceptors (Lipinski definition) is 9. The van der Waals surface area contributed by atoms with Crippen molar-refractivity contribution in [2.24, 2.45) is 0 Å². The Hall–Kier alpha value is -3.45. The molecule has 0 spiro atoms. The van der Waals surface area contributed by atoms with E-state index in [0.717, 1.165) is 35.0 Å². The smallest absolute Gasteiger partial charge is 0.493 e. The highest BCUT2D eigenvalue weighted by atomic mass is 35.5. The largest absolute Gasteiger partial charge is 0.496 e. The Morgan fingerprint density at radius 1 is 1.26 bits per heavy atom. The number of anilines is 1. The maximum Gasteiger partial charge on any atom is 0.493 e. The molecule has 14 heteroatoms. The topological polar surface area (TPSA) is 104 Å². The standard InChI is InChI=1S/C20H16ClF3N6O3S/c1-10-12(21)5-11(16(32-2)14(10)13-6-34-9-29-13)3-4-25-17-15-18(27-7-26-17)30(8-28-15)33-19(31)20(22,23)24/h5-9H,3-4H2,1-2H3,(H,25,26,27). The predicted octanol–water partition coefficient (Wildman–Crippen LogP) is 4.09. The molecule has 0 saturated carbocycles. The summed E-state index contributed by atoms with van der Waals surface area (Å²) in [5.41, 5.74) is 4.99. The number of benzene rings is 1. The lowest BCUT2D eigenvalue weighted by molar-refractivity contribution is -0.199. The Morgan fingerprint density at radius 2 is 2.06 bits per heavy atom. The first-order valence-corrected chi connectivity index (χ1v) is 11.0. The van der Waals surface area contributed by atoms with Crippen LogP contribution in [0, 0.1) is 6.92 Å². The van der Waals surface area contributed by atoms with Gasteiger partial charge in [0.25, 0.3) is 0 Å². The summed E-state index contributed by atoms with van der Waals surface area (Å²) in [4.78, 5) is 31.7. The van der Waals surface area contributed by atoms with Gasteiger partial charge in [-0.1, -0.05) is 11.6 Å². The third kappa shape index (κ3) is 4.61. The summed E-state index contributed by atoms with van der Waals surface area (Å²) in [7, 11) is 1.57. The predicted molar refractivity (Wildman–Crippen MR) is 119 cm³/mol. The van der Waals surface area contributed by atoms with Crippen molar-refractivity contribution in [3.05, 3.63) is 45.8 Å². The number of carbonyl (C=O) groups excluding carboxylic acids is 1. The van der Waals surface area contributed by atoms with Gasteiger partial charge in [-0.25, -0.2) is 24.7 Å². The minimum Gasteiger partial charge on any atom is -0.496 e. The molecule has 3 heterocycles. The summed E-state index contributed by atoms with van der Waals surface area (Å²) >= 11 is 7.92. The molecule has 0 aliphatic rings. The van der Waals surface area contributed by atoms with Crippen LogP contribution in [0.4, 0.5) is 19.0 Å². The van der Waals surface area contributed by atoms with Gasteiger partial charge in [-0.15, -0.1) is 16.1 Å². The molecule has 34 heavy (non-hydrogen) atoms. The third-order valence-electron chi connectivity index (χ3n) is 4.85. The molecule has 3 aromatic heterocycles. The van der Waals surface area contributed by atoms with E-state index in [1.807, 2.05) is 18.4 Å². The number of nitrogens with one attached hydrogen (secondary N) is 1. The van der Waals surface area contributed by atoms with Crippen molar-refractivity contribution < 1.29 is 27.5 Å². The zero-order valence-corrected chi connectivity index (χ0v) is 19.3. The zero-order chi connectivity index (χ0) is 24.5. The van der Waals surface area contributed by atoms with Gasteiger partial charge in [0.1, 0.15) is 18.4 Å². The van der Waals surface area contributed by atoms with E-state index in [9.17, 15) is 18.0 Å². The molecule has 0 aliphatic heterocycles. The van der Waals surface area contributed by atoms with Crippen molar-refractivity contribution in [2.45, 2.75) is 19.5 Å². The van der Waals surface area contributed by atoms with Crippen molar-refractivity contribution in [3.63, 3.8) is 0 Å². The molecule has 4 aromatic rings. The fraction of sp³-hybridized carbons (Fsp3) is 0.250. The number of halogens is 4. The molecule has 0 bridgehead atoms. The number of imidazole rings is 1. The SMILES string of the molecule is COc1c(CCNc2ncnc3c2ncn3OC(=O)C(F)(F)F)cc(Cl)c(C)c1-c1cscn1. The first kappa shape index (κ1) is 23.7. The summed E-state index contributed by atoms with van der Waals surface area (Å²) in [5.74, 6) is -1.49. The number of fused-ring (bicyclic) bond motifs is 1. The molecule has 0 unspecified atom stereocenters. The number of thiazole rings is 1. The Kier molecular flexibility index (Phi) is 6.57. The van der Waals surface area contributed by atoms with Crippen LogP contribution in [0.15, 0.2) is 29.6 Å². The second-order valence-electron chi connectivity index (χ2n) is 6.94. The van der Waals surface area contributed by atoms with Gasteiger partial charge in [-0.2, -0.15) is 13.2 Å². The Morgan fingerprint density at radius 3 is 2.74 bits per heavy atom. The molecule has 0 atom stereocenters. The molecular formula is C20H16ClF3N6O3S. The maximum atomic E-state index is 12.5. The number of ether oxygens (including phenoxy) is 1. The van der Waals surface area contributed by atoms with Crippen LogP contribution in [0.1, 0.15) is 11.1 Å². The van der Waals surface area contributed by atoms with Crippen LogP contribution in [0.25, 0.3) is 22.4 Å². The lowest BCUT2D eigenvalue weighted by atomic mass is 9.99. The highest BCUT2D eigenvalue weighted by Crippen LogP contribution is 2.40. The average molecular weight is 513 g/mol. The maximum absolute atomic E-state index is 12.5. The van der Waals surface area contributed by atoms with E-state index < -0.39 is 12.1 Å². The van der Waals surface area contributed by atoms with E-state index in [2.05, 4.69) is 30.1 Å². The normalized spacial score (nSPS) is 11.6. The summed E-state index contributed by atoms with van der Waals surface area (Å²) in [6, 6.07) is 1.81. The second kappa shape index (κ2) is 9.43. The lowest BCUT2D eigenvalue weighted by Gasteiger charge is -2.17. The van der Waals surface area contributed by atoms with Crippen molar-refractivity contribution >= 4 is 45.9 Å². The Labute approximate surface area is 199 Å². The number of alkyl halides is 3. The van der Waals surface area contributed by atoms with E-state index in [0.29, 0.717) is 28.5 Å². The number of aromatic nitrogens is 5. The van der Waals surface area contributed by atoms with Crippen LogP contribution >= 0.6 is 22.9 Å². The van der Waals surface area contributed by atoms with Crippen LogP contribution in [0.5, 0.6) is 5.75 Å². The van der Waals surface area contributed by atoms with Crippen molar-refractivity contribution in [1.29, 1.82) is 0 Å². The summed E-state index contributed by atoms with van der Waals surface area (Å²) < 4.78 is 43.7. The van der Waals surface area contributed by atoms with Gasteiger partial charge < -0.3 is 14.9 Å². The molecule has 4 rings (SSSR count). The zero-order valence-electron chi connectivity index (χ0n) is 17.7.